The first-order valence-electron chi connectivity index (χ1n) is 10.4. The molecule has 0 atom stereocenters. The lowest BCUT2D eigenvalue weighted by atomic mass is 10.2. The van der Waals surface area contributed by atoms with E-state index in [4.69, 9.17) is 9.47 Å². The fourth-order valence-corrected chi connectivity index (χ4v) is 6.11. The molecule has 170 valence electrons. The van der Waals surface area contributed by atoms with Gasteiger partial charge in [0.15, 0.2) is 0 Å². The van der Waals surface area contributed by atoms with E-state index in [-0.39, 0.29) is 0 Å². The molecule has 32 heavy (non-hydrogen) atoms. The van der Waals surface area contributed by atoms with Crippen LogP contribution < -0.4 is 4.31 Å². The maximum atomic E-state index is 5.29. The fourth-order valence-electron chi connectivity index (χ4n) is 3.51. The largest absolute Gasteiger partial charge is 0.383 e. The van der Waals surface area contributed by atoms with Crippen LogP contribution in [0.2, 0.25) is 0 Å². The second-order valence-corrected chi connectivity index (χ2v) is 10.4. The van der Waals surface area contributed by atoms with Crippen LogP contribution in [0.4, 0.5) is 5.69 Å². The first-order chi connectivity index (χ1) is 15.7. The van der Waals surface area contributed by atoms with Gasteiger partial charge in [-0.2, -0.15) is 0 Å². The van der Waals surface area contributed by atoms with Crippen molar-refractivity contribution >= 4 is 51.2 Å². The van der Waals surface area contributed by atoms with Crippen LogP contribution in [0.25, 0.3) is 21.6 Å². The van der Waals surface area contributed by atoms with E-state index in [0.717, 1.165) is 41.5 Å². The van der Waals surface area contributed by atoms with Crippen LogP contribution >= 0.6 is 34.6 Å². The highest BCUT2D eigenvalue weighted by Gasteiger charge is 2.16. The molecule has 0 spiro atoms. The molecule has 0 bridgehead atoms. The van der Waals surface area contributed by atoms with Crippen molar-refractivity contribution < 1.29 is 9.47 Å². The van der Waals surface area contributed by atoms with Crippen molar-refractivity contribution in [3.8, 4) is 10.7 Å². The monoisotopic (exact) mass is 488 g/mol. The van der Waals surface area contributed by atoms with Crippen LogP contribution in [0.15, 0.2) is 52.2 Å². The summed E-state index contributed by atoms with van der Waals surface area (Å²) in [4.78, 5) is 13.0. The van der Waals surface area contributed by atoms with E-state index < -0.39 is 0 Å². The Labute approximate surface area is 201 Å². The number of thiophene rings is 1. The van der Waals surface area contributed by atoms with Crippen LogP contribution in [0.3, 0.4) is 0 Å². The van der Waals surface area contributed by atoms with Gasteiger partial charge in [-0.25, -0.2) is 4.98 Å². The molecule has 1 N–H and O–H groups in total. The third-order valence-electron chi connectivity index (χ3n) is 5.17. The number of benzene rings is 1. The first-order valence-corrected chi connectivity index (χ1v) is 12.9. The molecule has 0 radical (unpaired) electrons. The number of para-hydroxylation sites is 1. The van der Waals surface area contributed by atoms with Gasteiger partial charge in [0.2, 0.25) is 0 Å². The Balaban J connectivity index is 1.52. The van der Waals surface area contributed by atoms with E-state index in [9.17, 15) is 0 Å². The Hall–Kier alpha value is -1.88. The predicted octanol–water partition coefficient (Wildman–Crippen LogP) is 5.59. The van der Waals surface area contributed by atoms with E-state index in [1.807, 2.05) is 11.6 Å². The molecular weight excluding hydrogens is 460 g/mol. The Morgan fingerprint density at radius 1 is 1.06 bits per heavy atom. The van der Waals surface area contributed by atoms with Crippen molar-refractivity contribution in [2.75, 3.05) is 51.9 Å². The summed E-state index contributed by atoms with van der Waals surface area (Å²) in [6.45, 7) is 4.10. The number of aromatic amines is 1. The summed E-state index contributed by atoms with van der Waals surface area (Å²) in [5, 5.41) is 6.38. The van der Waals surface area contributed by atoms with Crippen LogP contribution in [0.5, 0.6) is 0 Å². The molecule has 0 aliphatic carbocycles. The number of methoxy groups -OCH3 is 2. The molecule has 0 saturated heterocycles. The Bertz CT molecular complexity index is 1100. The highest BCUT2D eigenvalue weighted by molar-refractivity contribution is 8.00. The molecule has 0 saturated carbocycles. The molecule has 9 heteroatoms. The molecule has 0 aliphatic heterocycles. The van der Waals surface area contributed by atoms with Crippen molar-refractivity contribution in [3.05, 3.63) is 52.2 Å². The van der Waals surface area contributed by atoms with Crippen LogP contribution in [0.1, 0.15) is 4.88 Å². The number of H-pyrrole nitrogens is 1. The van der Waals surface area contributed by atoms with Crippen LogP contribution in [-0.4, -0.2) is 62.4 Å². The smallest absolute Gasteiger partial charge is 0.139 e. The lowest BCUT2D eigenvalue weighted by molar-refractivity contribution is 0.110. The number of rotatable bonds is 12. The van der Waals surface area contributed by atoms with E-state index in [1.165, 1.54) is 15.2 Å². The molecule has 3 aromatic heterocycles. The van der Waals surface area contributed by atoms with Crippen molar-refractivity contribution in [2.45, 2.75) is 11.4 Å². The zero-order valence-corrected chi connectivity index (χ0v) is 21.0. The highest BCUT2D eigenvalue weighted by atomic mass is 32.2. The van der Waals surface area contributed by atoms with Gasteiger partial charge in [-0.3, -0.25) is 4.90 Å². The number of anilines is 1. The van der Waals surface area contributed by atoms with E-state index in [2.05, 4.69) is 61.9 Å². The minimum Gasteiger partial charge on any atom is -0.383 e. The Morgan fingerprint density at radius 2 is 1.88 bits per heavy atom. The Kier molecular flexibility index (Phi) is 8.23. The van der Waals surface area contributed by atoms with E-state index in [0.29, 0.717) is 13.2 Å². The second kappa shape index (κ2) is 11.3. The third-order valence-corrected chi connectivity index (χ3v) is 8.06. The number of nitrogens with one attached hydrogen (secondary N) is 1. The maximum Gasteiger partial charge on any atom is 0.139 e. The summed E-state index contributed by atoms with van der Waals surface area (Å²) in [6, 6.07) is 10.8. The van der Waals surface area contributed by atoms with Crippen molar-refractivity contribution in [1.29, 1.82) is 0 Å². The van der Waals surface area contributed by atoms with Crippen LogP contribution in [-0.2, 0) is 16.0 Å². The molecule has 0 fully saturated rings. The minimum absolute atomic E-state index is 0.716. The SMILES string of the molecule is COCCN(CCOC)Cc1sccc1SN(C)c1cccc2cc(-c3nccs3)[nH]c12. The predicted molar refractivity (Wildman–Crippen MR) is 137 cm³/mol. The molecule has 0 amide bonds. The average molecular weight is 489 g/mol. The second-order valence-electron chi connectivity index (χ2n) is 7.32. The number of ether oxygens (including phenoxy) is 2. The molecule has 1 aromatic carbocycles. The summed E-state index contributed by atoms with van der Waals surface area (Å²) in [5.41, 5.74) is 3.35. The Morgan fingerprint density at radius 3 is 2.59 bits per heavy atom. The van der Waals surface area contributed by atoms with Crippen molar-refractivity contribution in [3.63, 3.8) is 0 Å². The van der Waals surface area contributed by atoms with E-state index >= 15 is 0 Å². The summed E-state index contributed by atoms with van der Waals surface area (Å²) in [7, 11) is 5.62. The van der Waals surface area contributed by atoms with Crippen molar-refractivity contribution in [1.82, 2.24) is 14.9 Å². The molecule has 0 unspecified atom stereocenters. The first kappa shape index (κ1) is 23.3. The summed E-state index contributed by atoms with van der Waals surface area (Å²) in [5.74, 6) is 0. The van der Waals surface area contributed by atoms with Gasteiger partial charge in [0, 0.05) is 67.6 Å². The fraction of sp³-hybridized carbons (Fsp3) is 0.348. The molecule has 4 aromatic rings. The zero-order chi connectivity index (χ0) is 22.3. The van der Waals surface area contributed by atoms with Gasteiger partial charge in [-0.15, -0.1) is 22.7 Å². The number of thiazole rings is 1. The molecule has 3 heterocycles. The normalized spacial score (nSPS) is 11.6. The van der Waals surface area contributed by atoms with Gasteiger partial charge in [0.25, 0.3) is 0 Å². The number of hydrogen-bond acceptors (Lipinski definition) is 8. The van der Waals surface area contributed by atoms with Gasteiger partial charge < -0.3 is 18.8 Å². The number of hydrogen-bond donors (Lipinski definition) is 1. The molecule has 4 rings (SSSR count). The van der Waals surface area contributed by atoms with Crippen molar-refractivity contribution in [2.24, 2.45) is 0 Å². The standard InChI is InChI=1S/C23H28N4O2S3/c1-26(19-6-4-5-17-15-18(25-22(17)19)23-24-8-14-31-23)32-20-7-13-30-21(20)16-27(9-11-28-2)10-12-29-3/h4-8,13-15,25H,9-12,16H2,1-3H3. The third kappa shape index (κ3) is 5.54. The lowest BCUT2D eigenvalue weighted by Gasteiger charge is -2.23. The van der Waals surface area contributed by atoms with Gasteiger partial charge >= 0.3 is 0 Å². The minimum atomic E-state index is 0.716. The van der Waals surface area contributed by atoms with Crippen LogP contribution in [0, 0.1) is 0 Å². The zero-order valence-electron chi connectivity index (χ0n) is 18.5. The van der Waals surface area contributed by atoms with Gasteiger partial charge in [-0.05, 0) is 35.5 Å². The number of aromatic nitrogens is 2. The number of nitrogens with zero attached hydrogens (tertiary/aromatic N) is 3. The average Bonchev–Trinajstić information content (AvgIpc) is 3.56. The highest BCUT2D eigenvalue weighted by Crippen LogP contribution is 2.37. The lowest BCUT2D eigenvalue weighted by Crippen LogP contribution is -2.30. The van der Waals surface area contributed by atoms with E-state index in [1.54, 1.807) is 48.8 Å². The molecule has 0 aliphatic rings. The quantitative estimate of drug-likeness (QED) is 0.262. The topological polar surface area (TPSA) is 53.6 Å². The summed E-state index contributed by atoms with van der Waals surface area (Å²) >= 11 is 5.21. The summed E-state index contributed by atoms with van der Waals surface area (Å²) in [6.07, 6.45) is 1.84. The molecular formula is C23H28N4O2S3. The maximum absolute atomic E-state index is 5.29. The number of fused-ring (bicyclic) bond motifs is 1. The molecule has 6 nitrogen and oxygen atoms in total. The van der Waals surface area contributed by atoms with Gasteiger partial charge in [0.1, 0.15) is 5.01 Å². The van der Waals surface area contributed by atoms with Gasteiger partial charge in [0.05, 0.1) is 30.1 Å². The van der Waals surface area contributed by atoms with Gasteiger partial charge in [-0.1, -0.05) is 12.1 Å². The summed E-state index contributed by atoms with van der Waals surface area (Å²) < 4.78 is 12.8.